The highest BCUT2D eigenvalue weighted by Crippen LogP contribution is 2.39. The molecule has 1 N–H and O–H groups in total. The largest absolute Gasteiger partial charge is 0.497 e. The number of rotatable bonds is 5. The summed E-state index contributed by atoms with van der Waals surface area (Å²) in [6.07, 6.45) is 0. The lowest BCUT2D eigenvalue weighted by molar-refractivity contribution is -0.126. The van der Waals surface area contributed by atoms with E-state index in [0.717, 1.165) is 5.56 Å². The minimum Gasteiger partial charge on any atom is -0.497 e. The molecule has 1 atom stereocenters. The molecule has 0 radical (unpaired) electrons. The molecule has 3 aliphatic heterocycles. The van der Waals surface area contributed by atoms with Gasteiger partial charge in [0.2, 0.25) is 6.79 Å². The van der Waals surface area contributed by atoms with E-state index in [4.69, 9.17) is 18.9 Å². The number of fused-ring (bicyclic) bond motifs is 1. The third kappa shape index (κ3) is 3.26. The first-order valence-electron chi connectivity index (χ1n) is 10.2. The molecule has 2 aromatic rings. The fourth-order valence-electron chi connectivity index (χ4n) is 4.26. The van der Waals surface area contributed by atoms with Crippen molar-refractivity contribution in [1.29, 1.82) is 0 Å². The van der Waals surface area contributed by atoms with Crippen molar-refractivity contribution in [3.05, 3.63) is 58.8 Å². The number of carbonyl (C=O) groups excluding carboxylic acids is 2. The zero-order chi connectivity index (χ0) is 22.4. The van der Waals surface area contributed by atoms with Crippen molar-refractivity contribution in [1.82, 2.24) is 15.1 Å². The van der Waals surface area contributed by atoms with Gasteiger partial charge in [-0.05, 0) is 35.4 Å². The van der Waals surface area contributed by atoms with Crippen LogP contribution in [0.1, 0.15) is 17.2 Å². The third-order valence-electron chi connectivity index (χ3n) is 5.95. The highest BCUT2D eigenvalue weighted by atomic mass is 16.7. The fourth-order valence-corrected chi connectivity index (χ4v) is 4.26. The monoisotopic (exact) mass is 437 g/mol. The first-order chi connectivity index (χ1) is 15.5. The van der Waals surface area contributed by atoms with Crippen molar-refractivity contribution < 1.29 is 28.5 Å². The fraction of sp³-hybridized carbons (Fsp3) is 0.304. The predicted molar refractivity (Wildman–Crippen MR) is 114 cm³/mol. The molecule has 3 aliphatic rings. The van der Waals surface area contributed by atoms with Crippen molar-refractivity contribution in [2.75, 3.05) is 34.6 Å². The summed E-state index contributed by atoms with van der Waals surface area (Å²) in [5.41, 5.74) is 2.87. The Morgan fingerprint density at radius 2 is 1.75 bits per heavy atom. The van der Waals surface area contributed by atoms with E-state index in [1.165, 1.54) is 4.90 Å². The number of urea groups is 1. The minimum atomic E-state index is -0.605. The maximum Gasteiger partial charge on any atom is 0.322 e. The van der Waals surface area contributed by atoms with Gasteiger partial charge in [0.25, 0.3) is 5.91 Å². The van der Waals surface area contributed by atoms with Crippen molar-refractivity contribution >= 4 is 11.9 Å². The molecule has 3 amide bonds. The molecule has 5 rings (SSSR count). The lowest BCUT2D eigenvalue weighted by Gasteiger charge is -2.31. The molecule has 0 aromatic heterocycles. The summed E-state index contributed by atoms with van der Waals surface area (Å²) in [6.45, 7) is 0.921. The lowest BCUT2D eigenvalue weighted by atomic mass is 9.95. The number of ether oxygens (including phenoxy) is 4. The highest BCUT2D eigenvalue weighted by molar-refractivity contribution is 6.01. The topological polar surface area (TPSA) is 89.6 Å². The molecule has 0 fully saturated rings. The summed E-state index contributed by atoms with van der Waals surface area (Å²) < 4.78 is 21.6. The van der Waals surface area contributed by atoms with E-state index in [0.29, 0.717) is 52.9 Å². The van der Waals surface area contributed by atoms with E-state index in [1.807, 2.05) is 18.2 Å². The SMILES string of the molecule is COc1cc(OC)cc(C2NC(=O)N(C)C3=C2C(=O)N(Cc2ccc4c(c2)OCO4)C3)c1. The van der Waals surface area contributed by atoms with Crippen molar-refractivity contribution in [2.24, 2.45) is 0 Å². The van der Waals surface area contributed by atoms with Gasteiger partial charge >= 0.3 is 6.03 Å². The first-order valence-corrected chi connectivity index (χ1v) is 10.2. The number of amides is 3. The number of likely N-dealkylation sites (N-methyl/N-ethyl adjacent to an activating group) is 1. The van der Waals surface area contributed by atoms with E-state index < -0.39 is 6.04 Å². The predicted octanol–water partition coefficient (Wildman–Crippen LogP) is 2.43. The van der Waals surface area contributed by atoms with Gasteiger partial charge in [0.05, 0.1) is 38.1 Å². The maximum absolute atomic E-state index is 13.5. The van der Waals surface area contributed by atoms with Gasteiger partial charge < -0.3 is 29.2 Å². The van der Waals surface area contributed by atoms with Gasteiger partial charge in [0.1, 0.15) is 11.5 Å². The molecule has 2 aromatic carbocycles. The van der Waals surface area contributed by atoms with Crippen LogP contribution in [0.25, 0.3) is 0 Å². The summed E-state index contributed by atoms with van der Waals surface area (Å²) in [5, 5.41) is 2.94. The Morgan fingerprint density at radius 1 is 1.03 bits per heavy atom. The molecular formula is C23H23N3O6. The van der Waals surface area contributed by atoms with Crippen molar-refractivity contribution in [3.63, 3.8) is 0 Å². The van der Waals surface area contributed by atoms with Crippen molar-refractivity contribution in [3.8, 4) is 23.0 Å². The normalized spacial score (nSPS) is 19.3. The Kier molecular flexibility index (Phi) is 4.80. The van der Waals surface area contributed by atoms with Crippen LogP contribution in [-0.2, 0) is 11.3 Å². The molecule has 3 heterocycles. The molecule has 0 spiro atoms. The minimum absolute atomic E-state index is 0.128. The number of hydrogen-bond donors (Lipinski definition) is 1. The zero-order valence-electron chi connectivity index (χ0n) is 18.0. The molecule has 0 aliphatic carbocycles. The summed E-state index contributed by atoms with van der Waals surface area (Å²) in [7, 11) is 4.79. The zero-order valence-corrected chi connectivity index (χ0v) is 18.0. The second-order valence-electron chi connectivity index (χ2n) is 7.80. The molecule has 166 valence electrons. The van der Waals surface area contributed by atoms with Gasteiger partial charge in [-0.1, -0.05) is 6.07 Å². The Balaban J connectivity index is 1.47. The van der Waals surface area contributed by atoms with Crippen LogP contribution in [0.4, 0.5) is 4.79 Å². The van der Waals surface area contributed by atoms with Crippen LogP contribution in [-0.4, -0.2) is 56.3 Å². The van der Waals surface area contributed by atoms with E-state index in [2.05, 4.69) is 5.32 Å². The third-order valence-corrected chi connectivity index (χ3v) is 5.95. The molecule has 32 heavy (non-hydrogen) atoms. The molecule has 0 saturated heterocycles. The second-order valence-corrected chi connectivity index (χ2v) is 7.80. The number of carbonyl (C=O) groups is 2. The lowest BCUT2D eigenvalue weighted by Crippen LogP contribution is -2.45. The number of methoxy groups -OCH3 is 2. The summed E-state index contributed by atoms with van der Waals surface area (Å²) in [6, 6.07) is 10.1. The highest BCUT2D eigenvalue weighted by Gasteiger charge is 2.43. The molecular weight excluding hydrogens is 414 g/mol. The van der Waals surface area contributed by atoms with Gasteiger partial charge in [0.15, 0.2) is 11.5 Å². The van der Waals surface area contributed by atoms with Crippen LogP contribution in [0.5, 0.6) is 23.0 Å². The van der Waals surface area contributed by atoms with Gasteiger partial charge in [-0.15, -0.1) is 0 Å². The number of nitrogens with one attached hydrogen (secondary N) is 1. The first kappa shape index (κ1) is 20.0. The van der Waals surface area contributed by atoms with E-state index in [-0.39, 0.29) is 18.7 Å². The van der Waals surface area contributed by atoms with Gasteiger partial charge in [-0.2, -0.15) is 0 Å². The van der Waals surface area contributed by atoms with Gasteiger partial charge in [-0.3, -0.25) is 9.69 Å². The Morgan fingerprint density at radius 3 is 2.47 bits per heavy atom. The average Bonchev–Trinajstić information content (AvgIpc) is 3.40. The van der Waals surface area contributed by atoms with Crippen LogP contribution in [0.3, 0.4) is 0 Å². The Hall–Kier alpha value is -3.88. The van der Waals surface area contributed by atoms with Gasteiger partial charge in [0, 0.05) is 19.7 Å². The average molecular weight is 437 g/mol. The molecule has 9 nitrogen and oxygen atoms in total. The quantitative estimate of drug-likeness (QED) is 0.773. The standard InChI is InChI=1S/C23H23N3O6/c1-25-17-11-26(10-13-4-5-18-19(6-13)32-12-31-18)22(27)20(17)21(24-23(25)28)14-7-15(29-2)9-16(8-14)30-3/h4-9,21H,10-12H2,1-3H3,(H,24,28). The number of nitrogens with zero attached hydrogens (tertiary/aromatic N) is 2. The van der Waals surface area contributed by atoms with Crippen LogP contribution in [0, 0.1) is 0 Å². The van der Waals surface area contributed by atoms with Crippen LogP contribution < -0.4 is 24.3 Å². The smallest absolute Gasteiger partial charge is 0.322 e. The molecule has 9 heteroatoms. The van der Waals surface area contributed by atoms with Crippen LogP contribution >= 0.6 is 0 Å². The molecule has 1 unspecified atom stereocenters. The number of hydrogen-bond acceptors (Lipinski definition) is 6. The second kappa shape index (κ2) is 7.67. The van der Waals surface area contributed by atoms with E-state index in [1.54, 1.807) is 44.4 Å². The Bertz CT molecular complexity index is 1120. The molecule has 0 saturated carbocycles. The Labute approximate surface area is 185 Å². The van der Waals surface area contributed by atoms with Crippen LogP contribution in [0.15, 0.2) is 47.7 Å². The maximum atomic E-state index is 13.5. The molecule has 0 bridgehead atoms. The summed E-state index contributed by atoms with van der Waals surface area (Å²) in [5.74, 6) is 2.40. The van der Waals surface area contributed by atoms with Crippen LogP contribution in [0.2, 0.25) is 0 Å². The summed E-state index contributed by atoms with van der Waals surface area (Å²) >= 11 is 0. The van der Waals surface area contributed by atoms with E-state index >= 15 is 0 Å². The van der Waals surface area contributed by atoms with Crippen molar-refractivity contribution in [2.45, 2.75) is 12.6 Å². The van der Waals surface area contributed by atoms with Gasteiger partial charge in [-0.25, -0.2) is 4.79 Å². The van der Waals surface area contributed by atoms with E-state index in [9.17, 15) is 9.59 Å². The summed E-state index contributed by atoms with van der Waals surface area (Å²) in [4.78, 5) is 29.4. The number of benzene rings is 2.